The molecule has 0 spiro atoms. The molecule has 4 N–H and O–H groups in total. The molecule has 2 aromatic carbocycles. The van der Waals surface area contributed by atoms with E-state index in [-0.39, 0.29) is 6.61 Å². The number of carbonyl (C=O) groups is 1. The first-order valence-corrected chi connectivity index (χ1v) is 6.49. The van der Waals surface area contributed by atoms with E-state index in [9.17, 15) is 4.79 Å². The Labute approximate surface area is 126 Å². The highest BCUT2D eigenvalue weighted by molar-refractivity contribution is 6.37. The summed E-state index contributed by atoms with van der Waals surface area (Å²) >= 11 is 12.0. The van der Waals surface area contributed by atoms with Crippen LogP contribution in [0.2, 0.25) is 10.0 Å². The lowest BCUT2D eigenvalue weighted by atomic mass is 10.1. The van der Waals surface area contributed by atoms with Gasteiger partial charge in [0.2, 0.25) is 5.91 Å². The minimum Gasteiger partial charge on any atom is -0.486 e. The second-order valence-electron chi connectivity index (χ2n) is 4.12. The molecule has 0 bridgehead atoms. The number of ether oxygens (including phenoxy) is 1. The van der Waals surface area contributed by atoms with Crippen molar-refractivity contribution in [2.45, 2.75) is 6.61 Å². The van der Waals surface area contributed by atoms with Crippen LogP contribution in [0.4, 0.5) is 5.69 Å². The van der Waals surface area contributed by atoms with Gasteiger partial charge in [0.25, 0.3) is 0 Å². The first-order valence-electron chi connectivity index (χ1n) is 5.74. The van der Waals surface area contributed by atoms with Gasteiger partial charge in [-0.05, 0) is 24.3 Å². The molecule has 0 atom stereocenters. The Hall–Kier alpha value is -1.91. The van der Waals surface area contributed by atoms with Gasteiger partial charge in [-0.2, -0.15) is 0 Å². The average Bonchev–Trinajstić information content (AvgIpc) is 2.39. The van der Waals surface area contributed by atoms with Gasteiger partial charge in [0, 0.05) is 16.8 Å². The molecule has 0 aromatic heterocycles. The van der Waals surface area contributed by atoms with E-state index in [1.165, 1.54) is 6.07 Å². The van der Waals surface area contributed by atoms with E-state index >= 15 is 0 Å². The zero-order valence-corrected chi connectivity index (χ0v) is 11.9. The zero-order chi connectivity index (χ0) is 14.7. The summed E-state index contributed by atoms with van der Waals surface area (Å²) in [7, 11) is 0. The molecule has 6 heteroatoms. The molecule has 0 fully saturated rings. The smallest absolute Gasteiger partial charge is 0.248 e. The Bertz CT molecular complexity index is 639. The molecule has 0 unspecified atom stereocenters. The summed E-state index contributed by atoms with van der Waals surface area (Å²) in [5.41, 5.74) is 12.5. The fourth-order valence-corrected chi connectivity index (χ4v) is 2.16. The van der Waals surface area contributed by atoms with Crippen LogP contribution in [-0.2, 0) is 6.61 Å². The monoisotopic (exact) mass is 310 g/mol. The lowest BCUT2D eigenvalue weighted by Gasteiger charge is -2.11. The Morgan fingerprint density at radius 2 is 1.80 bits per heavy atom. The predicted octanol–water partition coefficient (Wildman–Crippen LogP) is 3.25. The number of primary amides is 1. The standard InChI is InChI=1S/C14H12Cl2N2O2/c15-10-2-1-3-11(16)13(10)20-7-9-5-4-8(14(18)19)6-12(9)17/h1-6H,7,17H2,(H2,18,19). The lowest BCUT2D eigenvalue weighted by molar-refractivity contribution is 0.100. The number of halogens is 2. The predicted molar refractivity (Wildman–Crippen MR) is 80.2 cm³/mol. The fraction of sp³-hybridized carbons (Fsp3) is 0.0714. The van der Waals surface area contributed by atoms with Crippen LogP contribution >= 0.6 is 23.2 Å². The molecule has 0 radical (unpaired) electrons. The summed E-state index contributed by atoms with van der Waals surface area (Å²) in [4.78, 5) is 11.0. The molecule has 0 aliphatic rings. The molecule has 2 aromatic rings. The molecule has 0 heterocycles. The number of amides is 1. The maximum atomic E-state index is 11.0. The summed E-state index contributed by atoms with van der Waals surface area (Å²) in [6, 6.07) is 9.87. The number of anilines is 1. The van der Waals surface area contributed by atoms with Crippen molar-refractivity contribution in [3.63, 3.8) is 0 Å². The first kappa shape index (κ1) is 14.5. The molecule has 0 aliphatic heterocycles. The van der Waals surface area contributed by atoms with Crippen molar-refractivity contribution in [1.82, 2.24) is 0 Å². The highest BCUT2D eigenvalue weighted by Crippen LogP contribution is 2.33. The van der Waals surface area contributed by atoms with Gasteiger partial charge in [-0.15, -0.1) is 0 Å². The van der Waals surface area contributed by atoms with Crippen LogP contribution in [0, 0.1) is 0 Å². The molecule has 104 valence electrons. The first-order chi connectivity index (χ1) is 9.49. The SMILES string of the molecule is NC(=O)c1ccc(COc2c(Cl)cccc2Cl)c(N)c1. The minimum atomic E-state index is -0.529. The van der Waals surface area contributed by atoms with Gasteiger partial charge in [-0.25, -0.2) is 0 Å². The van der Waals surface area contributed by atoms with E-state index in [0.717, 1.165) is 0 Å². The Balaban J connectivity index is 2.17. The Morgan fingerprint density at radius 1 is 1.15 bits per heavy atom. The van der Waals surface area contributed by atoms with E-state index in [1.807, 2.05) is 0 Å². The van der Waals surface area contributed by atoms with Crippen molar-refractivity contribution in [3.8, 4) is 5.75 Å². The quantitative estimate of drug-likeness (QED) is 0.851. The van der Waals surface area contributed by atoms with Gasteiger partial charge in [0.05, 0.1) is 10.0 Å². The molecule has 0 saturated carbocycles. The number of hydrogen-bond donors (Lipinski definition) is 2. The van der Waals surface area contributed by atoms with E-state index in [4.69, 9.17) is 39.4 Å². The second kappa shape index (κ2) is 6.03. The minimum absolute atomic E-state index is 0.189. The number of nitrogen functional groups attached to an aromatic ring is 1. The summed E-state index contributed by atoms with van der Waals surface area (Å²) in [5, 5.41) is 0.842. The van der Waals surface area contributed by atoms with E-state index in [0.29, 0.717) is 32.6 Å². The van der Waals surface area contributed by atoms with Gasteiger partial charge >= 0.3 is 0 Å². The van der Waals surface area contributed by atoms with Crippen molar-refractivity contribution in [1.29, 1.82) is 0 Å². The average molecular weight is 311 g/mol. The molecular formula is C14H12Cl2N2O2. The van der Waals surface area contributed by atoms with E-state index < -0.39 is 5.91 Å². The number of para-hydroxylation sites is 1. The third kappa shape index (κ3) is 3.15. The van der Waals surface area contributed by atoms with Crippen LogP contribution in [0.25, 0.3) is 0 Å². The number of benzene rings is 2. The highest BCUT2D eigenvalue weighted by Gasteiger charge is 2.09. The third-order valence-corrected chi connectivity index (χ3v) is 3.32. The third-order valence-electron chi connectivity index (χ3n) is 2.72. The summed E-state index contributed by atoms with van der Waals surface area (Å²) in [6.07, 6.45) is 0. The molecule has 20 heavy (non-hydrogen) atoms. The maximum Gasteiger partial charge on any atom is 0.248 e. The van der Waals surface area contributed by atoms with Crippen LogP contribution in [0.1, 0.15) is 15.9 Å². The second-order valence-corrected chi connectivity index (χ2v) is 4.93. The number of hydrogen-bond acceptors (Lipinski definition) is 3. The Morgan fingerprint density at radius 3 is 2.35 bits per heavy atom. The van der Waals surface area contributed by atoms with Gasteiger partial charge in [-0.1, -0.05) is 35.3 Å². The van der Waals surface area contributed by atoms with Gasteiger partial charge in [0.15, 0.2) is 5.75 Å². The topological polar surface area (TPSA) is 78.3 Å². The molecule has 4 nitrogen and oxygen atoms in total. The van der Waals surface area contributed by atoms with Crippen molar-refractivity contribution < 1.29 is 9.53 Å². The van der Waals surface area contributed by atoms with Gasteiger partial charge < -0.3 is 16.2 Å². The largest absolute Gasteiger partial charge is 0.486 e. The van der Waals surface area contributed by atoms with Gasteiger partial charge in [0.1, 0.15) is 6.61 Å². The fourth-order valence-electron chi connectivity index (χ4n) is 1.65. The molecule has 0 aliphatic carbocycles. The van der Waals surface area contributed by atoms with E-state index in [1.54, 1.807) is 30.3 Å². The molecule has 1 amide bonds. The zero-order valence-electron chi connectivity index (χ0n) is 10.4. The number of carbonyl (C=O) groups excluding carboxylic acids is 1. The molecule has 2 rings (SSSR count). The normalized spacial score (nSPS) is 10.3. The number of nitrogens with two attached hydrogens (primary N) is 2. The van der Waals surface area contributed by atoms with Crippen LogP contribution in [0.15, 0.2) is 36.4 Å². The van der Waals surface area contributed by atoms with Crippen molar-refractivity contribution >= 4 is 34.8 Å². The lowest BCUT2D eigenvalue weighted by Crippen LogP contribution is -2.12. The van der Waals surface area contributed by atoms with Crippen molar-refractivity contribution in [2.24, 2.45) is 5.73 Å². The summed E-state index contributed by atoms with van der Waals surface area (Å²) in [6.45, 7) is 0.189. The van der Waals surface area contributed by atoms with Crippen LogP contribution in [0.5, 0.6) is 5.75 Å². The molecular weight excluding hydrogens is 299 g/mol. The highest BCUT2D eigenvalue weighted by atomic mass is 35.5. The van der Waals surface area contributed by atoms with Crippen molar-refractivity contribution in [3.05, 3.63) is 57.6 Å². The maximum absolute atomic E-state index is 11.0. The Kier molecular flexibility index (Phi) is 4.37. The van der Waals surface area contributed by atoms with Crippen LogP contribution in [-0.4, -0.2) is 5.91 Å². The van der Waals surface area contributed by atoms with Gasteiger partial charge in [-0.3, -0.25) is 4.79 Å². The van der Waals surface area contributed by atoms with Crippen LogP contribution in [0.3, 0.4) is 0 Å². The van der Waals surface area contributed by atoms with Crippen LogP contribution < -0.4 is 16.2 Å². The molecule has 0 saturated heterocycles. The van der Waals surface area contributed by atoms with Crippen molar-refractivity contribution in [2.75, 3.05) is 5.73 Å². The summed E-state index contributed by atoms with van der Waals surface area (Å²) < 4.78 is 5.57. The number of rotatable bonds is 4. The summed E-state index contributed by atoms with van der Waals surface area (Å²) in [5.74, 6) is -0.132. The van der Waals surface area contributed by atoms with E-state index in [2.05, 4.69) is 0 Å².